The first-order valence-corrected chi connectivity index (χ1v) is 13.0. The van der Waals surface area contributed by atoms with Gasteiger partial charge in [0.25, 0.3) is 0 Å². The van der Waals surface area contributed by atoms with E-state index in [1.165, 1.54) is 16.6 Å². The molecule has 1 aliphatic heterocycles. The van der Waals surface area contributed by atoms with Crippen molar-refractivity contribution in [3.05, 3.63) is 65.5 Å². The summed E-state index contributed by atoms with van der Waals surface area (Å²) in [5.41, 5.74) is 1.91. The van der Waals surface area contributed by atoms with E-state index >= 15 is 0 Å². The predicted octanol–water partition coefficient (Wildman–Crippen LogP) is 5.50. The SMILES string of the molecule is C[C@H]1CCC(c2ccccc2)S(=O)(=O)N1Cc1ccc(NC2CCC(C=N)CC2)cc1F. The molecule has 2 aromatic carbocycles. The van der Waals surface area contributed by atoms with Crippen molar-refractivity contribution < 1.29 is 12.8 Å². The molecular weight excluding hydrogens is 425 g/mol. The average molecular weight is 458 g/mol. The van der Waals surface area contributed by atoms with Gasteiger partial charge in [-0.2, -0.15) is 4.31 Å². The average Bonchev–Trinajstić information content (AvgIpc) is 2.79. The zero-order valence-electron chi connectivity index (χ0n) is 18.5. The Morgan fingerprint density at radius 2 is 1.78 bits per heavy atom. The van der Waals surface area contributed by atoms with E-state index in [2.05, 4.69) is 5.32 Å². The van der Waals surface area contributed by atoms with Crippen LogP contribution in [0.4, 0.5) is 10.1 Å². The summed E-state index contributed by atoms with van der Waals surface area (Å²) in [5.74, 6) is -0.0206. The molecule has 0 bridgehead atoms. The number of benzene rings is 2. The summed E-state index contributed by atoms with van der Waals surface area (Å²) >= 11 is 0. The number of hydrogen-bond acceptors (Lipinski definition) is 4. The molecule has 1 aliphatic carbocycles. The number of anilines is 1. The normalized spacial score (nSPS) is 28.2. The third-order valence-corrected chi connectivity index (χ3v) is 9.32. The first-order chi connectivity index (χ1) is 15.4. The van der Waals surface area contributed by atoms with Crippen molar-refractivity contribution in [2.45, 2.75) is 69.3 Å². The minimum absolute atomic E-state index is 0.0450. The molecule has 0 aromatic heterocycles. The molecule has 1 saturated heterocycles. The van der Waals surface area contributed by atoms with Crippen LogP contribution < -0.4 is 5.32 Å². The molecule has 2 aliphatic rings. The topological polar surface area (TPSA) is 73.3 Å². The van der Waals surface area contributed by atoms with Crippen LogP contribution in [0.2, 0.25) is 0 Å². The van der Waals surface area contributed by atoms with Crippen molar-refractivity contribution in [1.82, 2.24) is 4.31 Å². The molecule has 0 radical (unpaired) electrons. The van der Waals surface area contributed by atoms with Crippen LogP contribution in [0.3, 0.4) is 0 Å². The lowest BCUT2D eigenvalue weighted by Crippen LogP contribution is -2.44. The first-order valence-electron chi connectivity index (χ1n) is 11.5. The number of rotatable bonds is 6. The summed E-state index contributed by atoms with van der Waals surface area (Å²) in [6.07, 6.45) is 6.75. The molecule has 5 nitrogen and oxygen atoms in total. The van der Waals surface area contributed by atoms with Gasteiger partial charge in [-0.25, -0.2) is 12.8 Å². The van der Waals surface area contributed by atoms with E-state index in [1.54, 1.807) is 6.07 Å². The van der Waals surface area contributed by atoms with Gasteiger partial charge in [0, 0.05) is 29.9 Å². The van der Waals surface area contributed by atoms with Crippen molar-refractivity contribution in [2.75, 3.05) is 5.32 Å². The molecular formula is C25H32FN3O2S. The monoisotopic (exact) mass is 457 g/mol. The van der Waals surface area contributed by atoms with Gasteiger partial charge in [-0.05, 0) is 75.3 Å². The summed E-state index contributed by atoms with van der Waals surface area (Å²) in [5, 5.41) is 10.2. The summed E-state index contributed by atoms with van der Waals surface area (Å²) in [6.45, 7) is 1.95. The van der Waals surface area contributed by atoms with E-state index in [0.29, 0.717) is 17.9 Å². The Bertz CT molecular complexity index is 1040. The maximum Gasteiger partial charge on any atom is 0.221 e. The van der Waals surface area contributed by atoms with E-state index in [4.69, 9.17) is 5.41 Å². The molecule has 0 spiro atoms. The highest BCUT2D eigenvalue weighted by Gasteiger charge is 2.40. The molecule has 2 aromatic rings. The third kappa shape index (κ3) is 4.89. The Kier molecular flexibility index (Phi) is 6.96. The highest BCUT2D eigenvalue weighted by Crippen LogP contribution is 2.38. The van der Waals surface area contributed by atoms with Crippen molar-refractivity contribution in [1.29, 1.82) is 5.41 Å². The van der Waals surface area contributed by atoms with Crippen LogP contribution in [0.25, 0.3) is 0 Å². The van der Waals surface area contributed by atoms with Crippen LogP contribution in [-0.2, 0) is 16.6 Å². The molecule has 4 rings (SSSR count). The molecule has 1 saturated carbocycles. The number of nitrogens with one attached hydrogen (secondary N) is 2. The van der Waals surface area contributed by atoms with Crippen molar-refractivity contribution in [2.24, 2.45) is 5.92 Å². The van der Waals surface area contributed by atoms with E-state index in [1.807, 2.05) is 43.3 Å². The fraction of sp³-hybridized carbons (Fsp3) is 0.480. The number of sulfonamides is 1. The minimum atomic E-state index is -3.59. The second-order valence-corrected chi connectivity index (χ2v) is 11.2. The number of nitrogens with zero attached hydrogens (tertiary/aromatic N) is 1. The Balaban J connectivity index is 1.47. The van der Waals surface area contributed by atoms with Gasteiger partial charge in [0.05, 0.1) is 0 Å². The van der Waals surface area contributed by atoms with Crippen LogP contribution in [0.5, 0.6) is 0 Å². The molecule has 1 unspecified atom stereocenters. The van der Waals surface area contributed by atoms with Crippen molar-refractivity contribution >= 4 is 21.9 Å². The summed E-state index contributed by atoms with van der Waals surface area (Å²) in [7, 11) is -3.59. The van der Waals surface area contributed by atoms with Gasteiger partial charge >= 0.3 is 0 Å². The van der Waals surface area contributed by atoms with E-state index < -0.39 is 15.3 Å². The summed E-state index contributed by atoms with van der Waals surface area (Å²) in [4.78, 5) is 0. The lowest BCUT2D eigenvalue weighted by molar-refractivity contribution is 0.279. The predicted molar refractivity (Wildman–Crippen MR) is 127 cm³/mol. The van der Waals surface area contributed by atoms with E-state index in [0.717, 1.165) is 43.4 Å². The quantitative estimate of drug-likeness (QED) is 0.563. The maximum atomic E-state index is 15.0. The standard InChI is InChI=1S/C25H32FN3O2S/c1-18-7-14-25(20-5-3-2-4-6-20)32(30,31)29(18)17-21-10-13-23(15-24(21)26)28-22-11-8-19(16-27)9-12-22/h2-6,10,13,15-16,18-19,22,25,27-28H,7-9,11-12,14,17H2,1H3/t18-,19?,22?,25?/m0/s1. The summed E-state index contributed by atoms with van der Waals surface area (Å²) < 4.78 is 43.2. The van der Waals surface area contributed by atoms with Crippen molar-refractivity contribution in [3.63, 3.8) is 0 Å². The Hall–Kier alpha value is -2.25. The lowest BCUT2D eigenvalue weighted by Gasteiger charge is -2.37. The van der Waals surface area contributed by atoms with Crippen LogP contribution >= 0.6 is 0 Å². The number of hydrogen-bond donors (Lipinski definition) is 2. The molecule has 1 heterocycles. The third-order valence-electron chi connectivity index (χ3n) is 6.95. The van der Waals surface area contributed by atoms with Gasteiger partial charge < -0.3 is 10.7 Å². The zero-order chi connectivity index (χ0) is 22.7. The minimum Gasteiger partial charge on any atom is -0.382 e. The molecule has 2 N–H and O–H groups in total. The fourth-order valence-corrected chi connectivity index (χ4v) is 7.14. The smallest absolute Gasteiger partial charge is 0.221 e. The maximum absolute atomic E-state index is 15.0. The Morgan fingerprint density at radius 3 is 2.44 bits per heavy atom. The van der Waals surface area contributed by atoms with E-state index in [-0.39, 0.29) is 24.4 Å². The van der Waals surface area contributed by atoms with Crippen LogP contribution in [0, 0.1) is 17.1 Å². The van der Waals surface area contributed by atoms with Gasteiger partial charge in [0.15, 0.2) is 0 Å². The Labute approximate surface area is 190 Å². The summed E-state index contributed by atoms with van der Waals surface area (Å²) in [6, 6.07) is 14.4. The van der Waals surface area contributed by atoms with Gasteiger partial charge in [-0.1, -0.05) is 36.4 Å². The first kappa shape index (κ1) is 22.9. The highest BCUT2D eigenvalue weighted by molar-refractivity contribution is 7.89. The fourth-order valence-electron chi connectivity index (χ4n) is 4.95. The van der Waals surface area contributed by atoms with Crippen LogP contribution in [-0.4, -0.2) is 31.0 Å². The van der Waals surface area contributed by atoms with Gasteiger partial charge in [-0.15, -0.1) is 0 Å². The number of halogens is 1. The van der Waals surface area contributed by atoms with Gasteiger partial charge in [0.1, 0.15) is 11.1 Å². The Morgan fingerprint density at radius 1 is 1.06 bits per heavy atom. The lowest BCUT2D eigenvalue weighted by atomic mass is 9.87. The zero-order valence-corrected chi connectivity index (χ0v) is 19.3. The highest BCUT2D eigenvalue weighted by atomic mass is 32.2. The van der Waals surface area contributed by atoms with Gasteiger partial charge in [-0.3, -0.25) is 0 Å². The van der Waals surface area contributed by atoms with E-state index in [9.17, 15) is 12.8 Å². The van der Waals surface area contributed by atoms with Crippen LogP contribution in [0.1, 0.15) is 61.8 Å². The van der Waals surface area contributed by atoms with Crippen LogP contribution in [0.15, 0.2) is 48.5 Å². The van der Waals surface area contributed by atoms with Crippen molar-refractivity contribution in [3.8, 4) is 0 Å². The molecule has 32 heavy (non-hydrogen) atoms. The largest absolute Gasteiger partial charge is 0.382 e. The molecule has 7 heteroatoms. The molecule has 0 amide bonds. The second-order valence-electron chi connectivity index (χ2n) is 9.14. The second kappa shape index (κ2) is 9.71. The molecule has 2 atom stereocenters. The van der Waals surface area contributed by atoms with Gasteiger partial charge in [0.2, 0.25) is 10.0 Å². The molecule has 2 fully saturated rings. The molecule has 172 valence electrons.